The number of ether oxygens (including phenoxy) is 2. The average molecular weight is 253 g/mol. The second-order valence-corrected chi connectivity index (χ2v) is 4.04. The molecule has 0 aliphatic heterocycles. The van der Waals surface area contributed by atoms with E-state index in [1.54, 1.807) is 32.4 Å². The normalized spacial score (nSPS) is 12.2. The summed E-state index contributed by atoms with van der Waals surface area (Å²) in [7, 11) is 3.12. The van der Waals surface area contributed by atoms with Crippen LogP contribution in [-0.2, 0) is 9.47 Å². The maximum absolute atomic E-state index is 11.8. The molecule has 5 heteroatoms. The van der Waals surface area contributed by atoms with Gasteiger partial charge in [-0.3, -0.25) is 4.79 Å². The monoisotopic (exact) mass is 253 g/mol. The summed E-state index contributed by atoms with van der Waals surface area (Å²) in [5, 5.41) is 12.4. The predicted molar refractivity (Wildman–Crippen MR) is 67.9 cm³/mol. The largest absolute Gasteiger partial charge is 0.507 e. The minimum atomic E-state index is -0.328. The molecule has 18 heavy (non-hydrogen) atoms. The van der Waals surface area contributed by atoms with Crippen molar-refractivity contribution < 1.29 is 19.4 Å². The SMILES string of the molecule is COCC(CNC(=O)c1ccc(C)cc1O)OC. The highest BCUT2D eigenvalue weighted by atomic mass is 16.5. The summed E-state index contributed by atoms with van der Waals surface area (Å²) in [6.07, 6.45) is -0.202. The number of aryl methyl sites for hydroxylation is 1. The van der Waals surface area contributed by atoms with Crippen LogP contribution in [0.25, 0.3) is 0 Å². The van der Waals surface area contributed by atoms with Gasteiger partial charge in [-0.05, 0) is 24.6 Å². The smallest absolute Gasteiger partial charge is 0.255 e. The molecule has 1 atom stereocenters. The van der Waals surface area contributed by atoms with Gasteiger partial charge in [0.15, 0.2) is 0 Å². The lowest BCUT2D eigenvalue weighted by molar-refractivity contribution is 0.0285. The minimum Gasteiger partial charge on any atom is -0.507 e. The van der Waals surface area contributed by atoms with Gasteiger partial charge in [0.05, 0.1) is 18.3 Å². The van der Waals surface area contributed by atoms with Crippen LogP contribution in [0, 0.1) is 6.92 Å². The number of amides is 1. The molecule has 0 radical (unpaired) electrons. The van der Waals surface area contributed by atoms with Crippen LogP contribution in [0.15, 0.2) is 18.2 Å². The van der Waals surface area contributed by atoms with Crippen LogP contribution in [0.2, 0.25) is 0 Å². The zero-order valence-electron chi connectivity index (χ0n) is 10.9. The fraction of sp³-hybridized carbons (Fsp3) is 0.462. The minimum absolute atomic E-state index is 0.0202. The van der Waals surface area contributed by atoms with Crippen molar-refractivity contribution >= 4 is 5.91 Å². The molecule has 0 bridgehead atoms. The van der Waals surface area contributed by atoms with Crippen molar-refractivity contribution in [1.29, 1.82) is 0 Å². The zero-order valence-corrected chi connectivity index (χ0v) is 10.9. The van der Waals surface area contributed by atoms with E-state index in [0.717, 1.165) is 5.56 Å². The molecule has 0 aliphatic carbocycles. The molecule has 1 unspecified atom stereocenters. The van der Waals surface area contributed by atoms with Crippen LogP contribution in [0.4, 0.5) is 0 Å². The third-order valence-electron chi connectivity index (χ3n) is 2.57. The highest BCUT2D eigenvalue weighted by molar-refractivity contribution is 5.96. The fourth-order valence-electron chi connectivity index (χ4n) is 1.53. The topological polar surface area (TPSA) is 67.8 Å². The Balaban J connectivity index is 2.59. The van der Waals surface area contributed by atoms with Gasteiger partial charge in [0.1, 0.15) is 5.75 Å². The van der Waals surface area contributed by atoms with E-state index in [9.17, 15) is 9.90 Å². The van der Waals surface area contributed by atoms with Crippen LogP contribution in [0.3, 0.4) is 0 Å². The first kappa shape index (κ1) is 14.5. The van der Waals surface area contributed by atoms with E-state index in [1.165, 1.54) is 0 Å². The lowest BCUT2D eigenvalue weighted by Crippen LogP contribution is -2.35. The number of hydrogen-bond donors (Lipinski definition) is 2. The van der Waals surface area contributed by atoms with E-state index in [0.29, 0.717) is 13.2 Å². The molecule has 0 aliphatic rings. The molecule has 0 heterocycles. The van der Waals surface area contributed by atoms with Gasteiger partial charge in [-0.15, -0.1) is 0 Å². The molecular formula is C13H19NO4. The summed E-state index contributed by atoms with van der Waals surface area (Å²) in [4.78, 5) is 11.8. The summed E-state index contributed by atoms with van der Waals surface area (Å²) in [5.41, 5.74) is 1.16. The van der Waals surface area contributed by atoms with E-state index in [2.05, 4.69) is 5.32 Å². The molecule has 2 N–H and O–H groups in total. The van der Waals surface area contributed by atoms with E-state index in [1.807, 2.05) is 6.92 Å². The standard InChI is InChI=1S/C13H19NO4/c1-9-4-5-11(12(15)6-9)13(16)14-7-10(18-3)8-17-2/h4-6,10,15H,7-8H2,1-3H3,(H,14,16). The van der Waals surface area contributed by atoms with Gasteiger partial charge in [0, 0.05) is 20.8 Å². The first-order valence-corrected chi connectivity index (χ1v) is 5.68. The number of hydrogen-bond acceptors (Lipinski definition) is 4. The Hall–Kier alpha value is -1.59. The van der Waals surface area contributed by atoms with Crippen molar-refractivity contribution in [2.75, 3.05) is 27.4 Å². The zero-order chi connectivity index (χ0) is 13.5. The van der Waals surface area contributed by atoms with Gasteiger partial charge in [0.25, 0.3) is 5.91 Å². The summed E-state index contributed by atoms with van der Waals surface area (Å²) >= 11 is 0. The van der Waals surface area contributed by atoms with Crippen molar-refractivity contribution in [2.24, 2.45) is 0 Å². The Morgan fingerprint density at radius 3 is 2.72 bits per heavy atom. The van der Waals surface area contributed by atoms with Crippen LogP contribution in [0.1, 0.15) is 15.9 Å². The molecule has 1 rings (SSSR count). The number of rotatable bonds is 6. The molecule has 100 valence electrons. The molecule has 5 nitrogen and oxygen atoms in total. The third kappa shape index (κ3) is 4.01. The first-order chi connectivity index (χ1) is 8.58. The molecule has 0 fully saturated rings. The van der Waals surface area contributed by atoms with Crippen molar-refractivity contribution in [3.05, 3.63) is 29.3 Å². The van der Waals surface area contributed by atoms with Gasteiger partial charge < -0.3 is 19.9 Å². The fourth-order valence-corrected chi connectivity index (χ4v) is 1.53. The molecular weight excluding hydrogens is 234 g/mol. The average Bonchev–Trinajstić information content (AvgIpc) is 2.34. The van der Waals surface area contributed by atoms with E-state index >= 15 is 0 Å². The summed E-state index contributed by atoms with van der Waals surface area (Å²) in [6, 6.07) is 4.92. The van der Waals surface area contributed by atoms with Crippen molar-refractivity contribution in [1.82, 2.24) is 5.32 Å². The maximum atomic E-state index is 11.8. The maximum Gasteiger partial charge on any atom is 0.255 e. The van der Waals surface area contributed by atoms with Gasteiger partial charge in [-0.25, -0.2) is 0 Å². The lowest BCUT2D eigenvalue weighted by atomic mass is 10.1. The molecule has 0 aromatic heterocycles. The van der Waals surface area contributed by atoms with Crippen molar-refractivity contribution in [2.45, 2.75) is 13.0 Å². The molecule has 0 saturated carbocycles. The van der Waals surface area contributed by atoms with Gasteiger partial charge >= 0.3 is 0 Å². The molecule has 0 spiro atoms. The molecule has 0 saturated heterocycles. The van der Waals surface area contributed by atoms with Crippen LogP contribution in [-0.4, -0.2) is 44.5 Å². The number of methoxy groups -OCH3 is 2. The number of phenols is 1. The summed E-state index contributed by atoms with van der Waals surface area (Å²) < 4.78 is 10.1. The number of nitrogens with one attached hydrogen (secondary N) is 1. The van der Waals surface area contributed by atoms with E-state index < -0.39 is 0 Å². The van der Waals surface area contributed by atoms with Gasteiger partial charge in [0.2, 0.25) is 0 Å². The summed E-state index contributed by atoms with van der Waals surface area (Å²) in [5.74, 6) is -0.348. The Labute approximate surface area is 107 Å². The van der Waals surface area contributed by atoms with Crippen LogP contribution in [0.5, 0.6) is 5.75 Å². The number of carbonyl (C=O) groups is 1. The van der Waals surface area contributed by atoms with Gasteiger partial charge in [-0.2, -0.15) is 0 Å². The van der Waals surface area contributed by atoms with E-state index in [4.69, 9.17) is 9.47 Å². The highest BCUT2D eigenvalue weighted by Gasteiger charge is 2.13. The predicted octanol–water partition coefficient (Wildman–Crippen LogP) is 1.09. The Morgan fingerprint density at radius 2 is 2.17 bits per heavy atom. The van der Waals surface area contributed by atoms with Crippen LogP contribution >= 0.6 is 0 Å². The Bertz CT molecular complexity index is 406. The first-order valence-electron chi connectivity index (χ1n) is 5.68. The highest BCUT2D eigenvalue weighted by Crippen LogP contribution is 2.17. The Morgan fingerprint density at radius 1 is 1.44 bits per heavy atom. The quantitative estimate of drug-likeness (QED) is 0.796. The Kier molecular flexibility index (Phi) is 5.61. The lowest BCUT2D eigenvalue weighted by Gasteiger charge is -2.15. The summed E-state index contributed by atoms with van der Waals surface area (Å²) in [6.45, 7) is 2.58. The van der Waals surface area contributed by atoms with Crippen LogP contribution < -0.4 is 5.32 Å². The van der Waals surface area contributed by atoms with Crippen molar-refractivity contribution in [3.63, 3.8) is 0 Å². The number of benzene rings is 1. The second kappa shape index (κ2) is 6.98. The third-order valence-corrected chi connectivity index (χ3v) is 2.57. The molecule has 1 amide bonds. The molecule has 1 aromatic rings. The van der Waals surface area contributed by atoms with Gasteiger partial charge in [-0.1, -0.05) is 6.07 Å². The number of carbonyl (C=O) groups excluding carboxylic acids is 1. The van der Waals surface area contributed by atoms with E-state index in [-0.39, 0.29) is 23.3 Å². The molecule has 1 aromatic carbocycles. The number of phenolic OH excluding ortho intramolecular Hbond substituents is 1. The van der Waals surface area contributed by atoms with Crippen molar-refractivity contribution in [3.8, 4) is 5.75 Å². The number of aromatic hydroxyl groups is 1. The second-order valence-electron chi connectivity index (χ2n) is 4.04.